The molecule has 1 saturated heterocycles. The fraction of sp³-hybridized carbons (Fsp3) is 0.909. The fourth-order valence-corrected chi connectivity index (χ4v) is 6.13. The molecule has 0 spiro atoms. The van der Waals surface area contributed by atoms with Gasteiger partial charge in [0.1, 0.15) is 9.84 Å². The molecule has 6 nitrogen and oxygen atoms in total. The van der Waals surface area contributed by atoms with E-state index >= 15 is 0 Å². The maximum absolute atomic E-state index is 12.5. The van der Waals surface area contributed by atoms with Gasteiger partial charge in [-0.15, -0.1) is 0 Å². The number of nitriles is 1. The Morgan fingerprint density at radius 1 is 1.32 bits per heavy atom. The molecular weight excluding hydrogens is 288 g/mol. The molecule has 0 unspecified atom stereocenters. The highest BCUT2D eigenvalue weighted by Gasteiger charge is 2.37. The lowest BCUT2D eigenvalue weighted by atomic mass is 10.2. The van der Waals surface area contributed by atoms with E-state index in [1.807, 2.05) is 6.07 Å². The van der Waals surface area contributed by atoms with Crippen molar-refractivity contribution in [2.45, 2.75) is 44.4 Å². The molecule has 1 fully saturated rings. The third-order valence-corrected chi connectivity index (χ3v) is 7.56. The van der Waals surface area contributed by atoms with Crippen LogP contribution in [0.2, 0.25) is 0 Å². The zero-order valence-corrected chi connectivity index (χ0v) is 12.9. The number of rotatable bonds is 5. The molecule has 1 heterocycles. The van der Waals surface area contributed by atoms with Gasteiger partial charge in [-0.25, -0.2) is 16.8 Å². The minimum absolute atomic E-state index is 0.0684. The largest absolute Gasteiger partial charge is 0.229 e. The van der Waals surface area contributed by atoms with Gasteiger partial charge in [-0.3, -0.25) is 0 Å². The van der Waals surface area contributed by atoms with E-state index in [4.69, 9.17) is 5.26 Å². The summed E-state index contributed by atoms with van der Waals surface area (Å²) < 4.78 is 48.9. The molecule has 110 valence electrons. The van der Waals surface area contributed by atoms with Crippen LogP contribution in [0, 0.1) is 11.3 Å². The number of sulfone groups is 1. The topological polar surface area (TPSA) is 95.3 Å². The first-order valence-electron chi connectivity index (χ1n) is 6.29. The molecule has 1 aliphatic heterocycles. The van der Waals surface area contributed by atoms with Crippen molar-refractivity contribution in [1.82, 2.24) is 4.31 Å². The first kappa shape index (κ1) is 16.4. The van der Waals surface area contributed by atoms with Crippen molar-refractivity contribution < 1.29 is 16.8 Å². The Kier molecular flexibility index (Phi) is 5.35. The number of nitrogens with zero attached hydrogens (tertiary/aromatic N) is 2. The molecule has 8 heteroatoms. The molecule has 1 aliphatic rings. The summed E-state index contributed by atoms with van der Waals surface area (Å²) >= 11 is 0. The predicted molar refractivity (Wildman–Crippen MR) is 72.7 cm³/mol. The zero-order valence-electron chi connectivity index (χ0n) is 11.2. The second-order valence-corrected chi connectivity index (χ2v) is 9.48. The molecule has 19 heavy (non-hydrogen) atoms. The second kappa shape index (κ2) is 6.20. The SMILES string of the molecule is CC(C)N(CCC#N)S(=O)(=O)C1CCS(=O)(=O)CC1. The van der Waals surface area contributed by atoms with Gasteiger partial charge < -0.3 is 0 Å². The summed E-state index contributed by atoms with van der Waals surface area (Å²) in [5.41, 5.74) is 0. The van der Waals surface area contributed by atoms with Gasteiger partial charge in [-0.2, -0.15) is 9.57 Å². The van der Waals surface area contributed by atoms with Crippen LogP contribution < -0.4 is 0 Å². The summed E-state index contributed by atoms with van der Waals surface area (Å²) in [5, 5.41) is 7.95. The molecule has 0 aliphatic carbocycles. The molecule has 0 atom stereocenters. The van der Waals surface area contributed by atoms with E-state index in [-0.39, 0.29) is 43.4 Å². The standard InChI is InChI=1S/C11H20N2O4S2/c1-10(2)13(7-3-6-12)19(16,17)11-4-8-18(14,15)9-5-11/h10-11H,3-5,7-9H2,1-2H3. The predicted octanol–water partition coefficient (Wildman–Crippen LogP) is 0.517. The monoisotopic (exact) mass is 308 g/mol. The quantitative estimate of drug-likeness (QED) is 0.737. The fourth-order valence-electron chi connectivity index (χ4n) is 2.20. The molecule has 0 aromatic heterocycles. The highest BCUT2D eigenvalue weighted by Crippen LogP contribution is 2.24. The van der Waals surface area contributed by atoms with Gasteiger partial charge in [0.2, 0.25) is 10.0 Å². The third-order valence-electron chi connectivity index (χ3n) is 3.27. The molecule has 0 aromatic carbocycles. The van der Waals surface area contributed by atoms with Gasteiger partial charge in [-0.05, 0) is 26.7 Å². The van der Waals surface area contributed by atoms with Crippen molar-refractivity contribution in [3.05, 3.63) is 0 Å². The molecule has 0 radical (unpaired) electrons. The smallest absolute Gasteiger partial charge is 0.217 e. The number of hydrogen-bond acceptors (Lipinski definition) is 5. The highest BCUT2D eigenvalue weighted by atomic mass is 32.2. The summed E-state index contributed by atoms with van der Waals surface area (Å²) in [6.45, 7) is 3.68. The van der Waals surface area contributed by atoms with Gasteiger partial charge in [0.15, 0.2) is 0 Å². The summed E-state index contributed by atoms with van der Waals surface area (Å²) in [6.07, 6.45) is 0.448. The first-order chi connectivity index (χ1) is 8.70. The zero-order chi connectivity index (χ0) is 14.7. The van der Waals surface area contributed by atoms with E-state index in [0.29, 0.717) is 0 Å². The third kappa shape index (κ3) is 4.16. The van der Waals surface area contributed by atoms with Crippen LogP contribution in [-0.2, 0) is 19.9 Å². The number of hydrogen-bond donors (Lipinski definition) is 0. The lowest BCUT2D eigenvalue weighted by molar-refractivity contribution is 0.352. The van der Waals surface area contributed by atoms with Crippen molar-refractivity contribution in [2.75, 3.05) is 18.1 Å². The summed E-state index contributed by atoms with van der Waals surface area (Å²) in [4.78, 5) is 0. The Hall–Kier alpha value is -0.650. The maximum Gasteiger partial charge on any atom is 0.217 e. The lowest BCUT2D eigenvalue weighted by Gasteiger charge is -2.31. The van der Waals surface area contributed by atoms with Crippen molar-refractivity contribution in [3.63, 3.8) is 0 Å². The van der Waals surface area contributed by atoms with Gasteiger partial charge >= 0.3 is 0 Å². The van der Waals surface area contributed by atoms with E-state index in [2.05, 4.69) is 0 Å². The molecule has 1 rings (SSSR count). The molecule has 0 aromatic rings. The van der Waals surface area contributed by atoms with Gasteiger partial charge in [0.05, 0.1) is 22.8 Å². The van der Waals surface area contributed by atoms with Gasteiger partial charge in [0, 0.05) is 19.0 Å². The van der Waals surface area contributed by atoms with E-state index in [0.717, 1.165) is 0 Å². The molecule has 0 saturated carbocycles. The summed E-state index contributed by atoms with van der Waals surface area (Å²) in [5.74, 6) is -0.137. The van der Waals surface area contributed by atoms with Crippen molar-refractivity contribution >= 4 is 19.9 Å². The van der Waals surface area contributed by atoms with Crippen molar-refractivity contribution in [2.24, 2.45) is 0 Å². The number of sulfonamides is 1. The Balaban J connectivity index is 2.87. The van der Waals surface area contributed by atoms with Crippen molar-refractivity contribution in [1.29, 1.82) is 5.26 Å². The average molecular weight is 308 g/mol. The Morgan fingerprint density at radius 2 is 1.84 bits per heavy atom. The Morgan fingerprint density at radius 3 is 2.26 bits per heavy atom. The molecule has 0 bridgehead atoms. The summed E-state index contributed by atoms with van der Waals surface area (Å²) in [7, 11) is -6.60. The molecular formula is C11H20N2O4S2. The van der Waals surface area contributed by atoms with Crippen LogP contribution in [0.4, 0.5) is 0 Å². The van der Waals surface area contributed by atoms with Gasteiger partial charge in [-0.1, -0.05) is 0 Å². The Labute approximate surface area is 115 Å². The van der Waals surface area contributed by atoms with Crippen LogP contribution in [0.1, 0.15) is 33.1 Å². The van der Waals surface area contributed by atoms with E-state index in [1.54, 1.807) is 13.8 Å². The van der Waals surface area contributed by atoms with E-state index in [9.17, 15) is 16.8 Å². The average Bonchev–Trinajstić information content (AvgIpc) is 2.28. The molecule has 0 amide bonds. The van der Waals surface area contributed by atoms with Crippen LogP contribution in [0.25, 0.3) is 0 Å². The van der Waals surface area contributed by atoms with Gasteiger partial charge in [0.25, 0.3) is 0 Å². The molecule has 0 N–H and O–H groups in total. The highest BCUT2D eigenvalue weighted by molar-refractivity contribution is 7.92. The van der Waals surface area contributed by atoms with Crippen LogP contribution in [0.15, 0.2) is 0 Å². The first-order valence-corrected chi connectivity index (χ1v) is 9.61. The minimum Gasteiger partial charge on any atom is -0.229 e. The maximum atomic E-state index is 12.5. The van der Waals surface area contributed by atoms with Crippen LogP contribution in [-0.4, -0.2) is 50.5 Å². The van der Waals surface area contributed by atoms with E-state index < -0.39 is 25.1 Å². The van der Waals surface area contributed by atoms with E-state index in [1.165, 1.54) is 4.31 Å². The normalized spacial score (nSPS) is 20.6. The Bertz CT molecular complexity index is 532. The minimum atomic E-state index is -3.53. The van der Waals surface area contributed by atoms with Crippen molar-refractivity contribution in [3.8, 4) is 6.07 Å². The second-order valence-electron chi connectivity index (χ2n) is 5.01. The van der Waals surface area contributed by atoms with Crippen LogP contribution >= 0.6 is 0 Å². The van der Waals surface area contributed by atoms with Crippen LogP contribution in [0.5, 0.6) is 0 Å². The van der Waals surface area contributed by atoms with Crippen LogP contribution in [0.3, 0.4) is 0 Å². The lowest BCUT2D eigenvalue weighted by Crippen LogP contribution is -2.46. The summed E-state index contributed by atoms with van der Waals surface area (Å²) in [6, 6.07) is 1.71.